The topological polar surface area (TPSA) is 176 Å². The van der Waals surface area contributed by atoms with Gasteiger partial charge in [-0.2, -0.15) is 0 Å². The summed E-state index contributed by atoms with van der Waals surface area (Å²) in [5, 5.41) is 16.2. The van der Waals surface area contributed by atoms with Crippen LogP contribution in [-0.4, -0.2) is 80.7 Å². The van der Waals surface area contributed by atoms with Crippen molar-refractivity contribution >= 4 is 29.4 Å². The molecule has 262 valence electrons. The molecule has 0 unspecified atom stereocenters. The smallest absolute Gasteiger partial charge is 0.286 e. The van der Waals surface area contributed by atoms with E-state index in [0.717, 1.165) is 0 Å². The summed E-state index contributed by atoms with van der Waals surface area (Å²) in [5.41, 5.74) is 0.784. The molecule has 4 rings (SSSR count). The second-order valence-electron chi connectivity index (χ2n) is 12.8. The Hall–Kier alpha value is -5.01. The lowest BCUT2D eigenvalue weighted by Gasteiger charge is -2.31. The van der Waals surface area contributed by atoms with E-state index in [1.807, 2.05) is 13.8 Å². The minimum Gasteiger partial charge on any atom is -0.414 e. The van der Waals surface area contributed by atoms with E-state index < -0.39 is 35.6 Å². The van der Waals surface area contributed by atoms with Crippen LogP contribution in [0, 0.1) is 17.7 Å². The molecule has 1 aliphatic rings. The number of pyridine rings is 1. The maximum absolute atomic E-state index is 13.7. The largest absolute Gasteiger partial charge is 0.414 e. The summed E-state index contributed by atoms with van der Waals surface area (Å²) >= 11 is 0. The van der Waals surface area contributed by atoms with Crippen LogP contribution in [0.1, 0.15) is 87.4 Å². The van der Waals surface area contributed by atoms with Gasteiger partial charge in [0.2, 0.25) is 29.4 Å². The van der Waals surface area contributed by atoms with E-state index in [-0.39, 0.29) is 47.8 Å². The molecule has 3 aromatic rings. The second kappa shape index (κ2) is 17.4. The lowest BCUT2D eigenvalue weighted by molar-refractivity contribution is -0.142. The third kappa shape index (κ3) is 10.00. The molecule has 0 aliphatic carbocycles. The normalized spacial score (nSPS) is 15.6. The zero-order valence-corrected chi connectivity index (χ0v) is 28.3. The van der Waals surface area contributed by atoms with Gasteiger partial charge in [0.05, 0.1) is 6.04 Å². The number of halogens is 1. The average Bonchev–Trinajstić information content (AvgIpc) is 3.78. The number of benzene rings is 1. The molecule has 14 heteroatoms. The Morgan fingerprint density at radius 3 is 2.33 bits per heavy atom. The van der Waals surface area contributed by atoms with Gasteiger partial charge in [-0.05, 0) is 73.9 Å². The average molecular weight is 678 g/mol. The summed E-state index contributed by atoms with van der Waals surface area (Å²) in [6, 6.07) is 7.84. The van der Waals surface area contributed by atoms with Crippen molar-refractivity contribution in [1.29, 1.82) is 0 Å². The fourth-order valence-electron chi connectivity index (χ4n) is 5.57. The van der Waals surface area contributed by atoms with Crippen molar-refractivity contribution in [1.82, 2.24) is 36.0 Å². The SMILES string of the molecule is CC(C)[C@H](NC(=O)[C@@H]1CCCN1C(=O)[C@@H](NC(=O)CCCCCNC(=O)c1ccccn1)C(C)C)C(=O)c1nnc(-c2ccc(F)cc2)o1. The number of likely N-dealkylation sites (tertiary alicyclic amines) is 1. The Morgan fingerprint density at radius 2 is 1.65 bits per heavy atom. The van der Waals surface area contributed by atoms with E-state index in [9.17, 15) is 28.4 Å². The van der Waals surface area contributed by atoms with Crippen molar-refractivity contribution in [3.63, 3.8) is 0 Å². The number of Topliss-reactive ketones (excluding diaryl/α,β-unsaturated/α-hetero) is 1. The first-order valence-corrected chi connectivity index (χ1v) is 16.7. The number of rotatable bonds is 16. The first kappa shape index (κ1) is 36.8. The van der Waals surface area contributed by atoms with E-state index >= 15 is 0 Å². The van der Waals surface area contributed by atoms with Crippen LogP contribution in [-0.2, 0) is 14.4 Å². The number of hydrogen-bond acceptors (Lipinski definition) is 9. The Morgan fingerprint density at radius 1 is 0.918 bits per heavy atom. The summed E-state index contributed by atoms with van der Waals surface area (Å²) in [6.07, 6.45) is 4.73. The molecule has 0 saturated carbocycles. The molecule has 0 bridgehead atoms. The summed E-state index contributed by atoms with van der Waals surface area (Å²) in [7, 11) is 0. The maximum Gasteiger partial charge on any atom is 0.286 e. The van der Waals surface area contributed by atoms with Crippen molar-refractivity contribution in [2.75, 3.05) is 13.1 Å². The van der Waals surface area contributed by atoms with Crippen LogP contribution >= 0.6 is 0 Å². The van der Waals surface area contributed by atoms with Crippen LogP contribution in [0.2, 0.25) is 0 Å². The predicted molar refractivity (Wildman–Crippen MR) is 177 cm³/mol. The van der Waals surface area contributed by atoms with Gasteiger partial charge < -0.3 is 25.3 Å². The van der Waals surface area contributed by atoms with Gasteiger partial charge in [0, 0.05) is 31.3 Å². The van der Waals surface area contributed by atoms with Crippen LogP contribution in [0.5, 0.6) is 0 Å². The third-order valence-electron chi connectivity index (χ3n) is 8.33. The lowest BCUT2D eigenvalue weighted by Crippen LogP contribution is -2.57. The zero-order valence-electron chi connectivity index (χ0n) is 28.3. The summed E-state index contributed by atoms with van der Waals surface area (Å²) < 4.78 is 18.9. The zero-order chi connectivity index (χ0) is 35.5. The van der Waals surface area contributed by atoms with E-state index in [2.05, 4.69) is 31.1 Å². The Kier molecular flexibility index (Phi) is 13.1. The number of nitrogens with one attached hydrogen (secondary N) is 3. The highest BCUT2D eigenvalue weighted by molar-refractivity contribution is 6.00. The molecule has 3 N–H and O–H groups in total. The highest BCUT2D eigenvalue weighted by Gasteiger charge is 2.40. The van der Waals surface area contributed by atoms with E-state index in [0.29, 0.717) is 56.5 Å². The van der Waals surface area contributed by atoms with Gasteiger partial charge in [-0.1, -0.05) is 40.2 Å². The number of nitrogens with zero attached hydrogens (tertiary/aromatic N) is 4. The van der Waals surface area contributed by atoms with Crippen molar-refractivity contribution < 1.29 is 32.8 Å². The molecule has 4 amide bonds. The number of carbonyl (C=O) groups excluding carboxylic acids is 5. The number of ketones is 1. The van der Waals surface area contributed by atoms with Crippen LogP contribution < -0.4 is 16.0 Å². The van der Waals surface area contributed by atoms with Crippen LogP contribution in [0.3, 0.4) is 0 Å². The molecular weight excluding hydrogens is 633 g/mol. The summed E-state index contributed by atoms with van der Waals surface area (Å²) in [5.74, 6) is -3.21. The number of hydrogen-bond donors (Lipinski definition) is 3. The van der Waals surface area contributed by atoms with Crippen LogP contribution in [0.4, 0.5) is 4.39 Å². The number of carbonyl (C=O) groups is 5. The van der Waals surface area contributed by atoms with Crippen molar-refractivity contribution in [3.8, 4) is 11.5 Å². The van der Waals surface area contributed by atoms with Crippen molar-refractivity contribution in [3.05, 3.63) is 66.1 Å². The molecule has 0 radical (unpaired) electrons. The molecule has 1 saturated heterocycles. The number of amides is 4. The molecule has 3 atom stereocenters. The van der Waals surface area contributed by atoms with Gasteiger partial charge in [0.1, 0.15) is 23.6 Å². The van der Waals surface area contributed by atoms with Gasteiger partial charge in [-0.25, -0.2) is 4.39 Å². The molecule has 1 aliphatic heterocycles. The third-order valence-corrected chi connectivity index (χ3v) is 8.33. The Labute approximate surface area is 284 Å². The molecule has 1 fully saturated rings. The summed E-state index contributed by atoms with van der Waals surface area (Å²) in [4.78, 5) is 71.1. The van der Waals surface area contributed by atoms with E-state index in [4.69, 9.17) is 4.42 Å². The van der Waals surface area contributed by atoms with Gasteiger partial charge in [0.25, 0.3) is 11.8 Å². The summed E-state index contributed by atoms with van der Waals surface area (Å²) in [6.45, 7) is 7.98. The fraction of sp³-hybridized carbons (Fsp3) is 0.486. The quantitative estimate of drug-likeness (QED) is 0.151. The highest BCUT2D eigenvalue weighted by atomic mass is 19.1. The molecular formula is C35H44FN7O6. The Balaban J connectivity index is 1.29. The van der Waals surface area contributed by atoms with Gasteiger partial charge in [-0.15, -0.1) is 10.2 Å². The second-order valence-corrected chi connectivity index (χ2v) is 12.8. The first-order valence-electron chi connectivity index (χ1n) is 16.7. The minimum absolute atomic E-state index is 0.0385. The van der Waals surface area contributed by atoms with Gasteiger partial charge in [-0.3, -0.25) is 29.0 Å². The van der Waals surface area contributed by atoms with Crippen LogP contribution in [0.15, 0.2) is 53.1 Å². The van der Waals surface area contributed by atoms with Crippen molar-refractivity contribution in [2.45, 2.75) is 84.3 Å². The van der Waals surface area contributed by atoms with E-state index in [1.54, 1.807) is 38.2 Å². The predicted octanol–water partition coefficient (Wildman–Crippen LogP) is 3.72. The maximum atomic E-state index is 13.7. The number of aromatic nitrogens is 3. The Bertz CT molecular complexity index is 1600. The standard InChI is InChI=1S/C35H44FN7O6/c1-21(2)28(30(45)34-42-41-33(49-34)23-14-16-24(36)17-15-23)40-32(47)26-12-10-20-43(26)35(48)29(22(3)4)39-27(44)13-6-5-8-19-38-31(46)25-11-7-9-18-37-25/h7,9,11,14-18,21-22,26,28-29H,5-6,8,10,12-13,19-20H2,1-4H3,(H,38,46)(H,39,44)(H,40,47)/t26-,28-,29-/m0/s1. The van der Waals surface area contributed by atoms with E-state index in [1.165, 1.54) is 29.2 Å². The monoisotopic (exact) mass is 677 g/mol. The minimum atomic E-state index is -1.00. The lowest BCUT2D eigenvalue weighted by atomic mass is 9.98. The van der Waals surface area contributed by atoms with Gasteiger partial charge in [0.15, 0.2) is 0 Å². The van der Waals surface area contributed by atoms with Crippen molar-refractivity contribution in [2.24, 2.45) is 11.8 Å². The fourth-order valence-corrected chi connectivity index (χ4v) is 5.57. The molecule has 49 heavy (non-hydrogen) atoms. The molecule has 13 nitrogen and oxygen atoms in total. The van der Waals surface area contributed by atoms with Gasteiger partial charge >= 0.3 is 0 Å². The first-order chi connectivity index (χ1) is 23.5. The number of unbranched alkanes of at least 4 members (excludes halogenated alkanes) is 2. The van der Waals surface area contributed by atoms with Crippen LogP contribution in [0.25, 0.3) is 11.5 Å². The molecule has 2 aromatic heterocycles. The molecule has 3 heterocycles. The highest BCUT2D eigenvalue weighted by Crippen LogP contribution is 2.23. The molecule has 0 spiro atoms. The molecule has 1 aromatic carbocycles.